The van der Waals surface area contributed by atoms with Crippen molar-refractivity contribution in [2.75, 3.05) is 0 Å². The summed E-state index contributed by atoms with van der Waals surface area (Å²) in [6.07, 6.45) is 13.7. The van der Waals surface area contributed by atoms with Crippen LogP contribution < -0.4 is 0 Å². The Morgan fingerprint density at radius 3 is 1.74 bits per heavy atom. The number of hydrogen-bond donors (Lipinski definition) is 5. The minimum Gasteiger partial charge on any atom is -0.506 e. The fourth-order valence-electron chi connectivity index (χ4n) is 3.40. The third-order valence-electron chi connectivity index (χ3n) is 5.01. The van der Waals surface area contributed by atoms with Gasteiger partial charge in [0.25, 0.3) is 0 Å². The van der Waals surface area contributed by atoms with Gasteiger partial charge in [-0.1, -0.05) is 64.7 Å². The van der Waals surface area contributed by atoms with E-state index in [-0.39, 0.29) is 5.75 Å². The summed E-state index contributed by atoms with van der Waals surface area (Å²) in [4.78, 5) is 3.15. The van der Waals surface area contributed by atoms with Crippen molar-refractivity contribution in [1.29, 1.82) is 0 Å². The molecule has 0 spiro atoms. The predicted octanol–water partition coefficient (Wildman–Crippen LogP) is 5.97. The van der Waals surface area contributed by atoms with Crippen LogP contribution in [-0.2, 0) is 6.42 Å². The van der Waals surface area contributed by atoms with Crippen molar-refractivity contribution in [3.8, 4) is 34.3 Å². The minimum absolute atomic E-state index is 0.0709. The maximum Gasteiger partial charge on any atom is 0.200 e. The second-order valence-electron chi connectivity index (χ2n) is 7.35. The van der Waals surface area contributed by atoms with Crippen LogP contribution in [0.2, 0.25) is 0 Å². The zero-order valence-electron chi connectivity index (χ0n) is 16.3. The Labute approximate surface area is 161 Å². The molecule has 150 valence electrons. The maximum absolute atomic E-state index is 10.1. The number of nitrogens with one attached hydrogen (secondary N) is 1. The van der Waals surface area contributed by atoms with Gasteiger partial charge in [-0.25, -0.2) is 0 Å². The van der Waals surface area contributed by atoms with Crippen LogP contribution in [-0.4, -0.2) is 25.4 Å². The van der Waals surface area contributed by atoms with E-state index in [1.54, 1.807) is 6.07 Å². The Hall–Kier alpha value is -2.30. The van der Waals surface area contributed by atoms with Gasteiger partial charge in [-0.3, -0.25) is 0 Å². The molecular formula is C22H33NO4. The van der Waals surface area contributed by atoms with Gasteiger partial charge >= 0.3 is 0 Å². The first kappa shape index (κ1) is 21.0. The van der Waals surface area contributed by atoms with E-state index in [1.807, 2.05) is 0 Å². The number of phenolic OH excluding ortho intramolecular Hbond substituents is 3. The number of aryl methyl sites for hydroxylation is 1. The van der Waals surface area contributed by atoms with E-state index >= 15 is 0 Å². The molecule has 5 N–H and O–H groups in total. The average molecular weight is 376 g/mol. The van der Waals surface area contributed by atoms with Gasteiger partial charge in [0.2, 0.25) is 0 Å². The normalized spacial score (nSPS) is 11.1. The average Bonchev–Trinajstić information content (AvgIpc) is 3.01. The second-order valence-corrected chi connectivity index (χ2v) is 7.35. The SMILES string of the molecule is CCCCCCCCCCCCc1cc(O)c(-c2cc(O)c(O)c(O)c2)[nH]1. The first-order valence-electron chi connectivity index (χ1n) is 10.2. The molecule has 0 amide bonds. The highest BCUT2D eigenvalue weighted by Crippen LogP contribution is 2.41. The highest BCUT2D eigenvalue weighted by atomic mass is 16.3. The monoisotopic (exact) mass is 375 g/mol. The zero-order valence-corrected chi connectivity index (χ0v) is 16.3. The van der Waals surface area contributed by atoms with Gasteiger partial charge in [-0.2, -0.15) is 0 Å². The van der Waals surface area contributed by atoms with Crippen molar-refractivity contribution in [2.24, 2.45) is 0 Å². The molecule has 2 rings (SSSR count). The molecule has 0 aliphatic rings. The predicted molar refractivity (Wildman–Crippen MR) is 108 cm³/mol. The van der Waals surface area contributed by atoms with Gasteiger partial charge in [-0.15, -0.1) is 0 Å². The molecular weight excluding hydrogens is 342 g/mol. The van der Waals surface area contributed by atoms with Crippen LogP contribution in [0.15, 0.2) is 18.2 Å². The number of H-pyrrole nitrogens is 1. The summed E-state index contributed by atoms with van der Waals surface area (Å²) in [5, 5.41) is 38.9. The molecule has 1 aromatic carbocycles. The van der Waals surface area contributed by atoms with Crippen LogP contribution >= 0.6 is 0 Å². The standard InChI is InChI=1S/C22H33NO4/c1-2-3-4-5-6-7-8-9-10-11-12-17-15-18(24)21(23-17)16-13-19(25)22(27)20(26)14-16/h13-15,23-27H,2-12H2,1H3. The number of aromatic nitrogens is 1. The number of benzene rings is 1. The summed E-state index contributed by atoms with van der Waals surface area (Å²) >= 11 is 0. The van der Waals surface area contributed by atoms with Crippen LogP contribution in [0.1, 0.15) is 76.8 Å². The van der Waals surface area contributed by atoms with Crippen molar-refractivity contribution in [1.82, 2.24) is 4.98 Å². The molecule has 0 fully saturated rings. The number of aromatic amines is 1. The first-order chi connectivity index (χ1) is 13.0. The van der Waals surface area contributed by atoms with Gasteiger partial charge < -0.3 is 25.4 Å². The molecule has 0 saturated carbocycles. The number of hydrogen-bond acceptors (Lipinski definition) is 4. The molecule has 0 unspecified atom stereocenters. The minimum atomic E-state index is -0.560. The lowest BCUT2D eigenvalue weighted by Crippen LogP contribution is -1.87. The van der Waals surface area contributed by atoms with E-state index in [0.717, 1.165) is 18.5 Å². The third-order valence-corrected chi connectivity index (χ3v) is 5.01. The van der Waals surface area contributed by atoms with E-state index in [9.17, 15) is 20.4 Å². The molecule has 0 radical (unpaired) electrons. The highest BCUT2D eigenvalue weighted by molar-refractivity contribution is 5.72. The van der Waals surface area contributed by atoms with Crippen LogP contribution in [0.5, 0.6) is 23.0 Å². The van der Waals surface area contributed by atoms with Gasteiger partial charge in [0.15, 0.2) is 17.2 Å². The van der Waals surface area contributed by atoms with Crippen molar-refractivity contribution in [3.63, 3.8) is 0 Å². The first-order valence-corrected chi connectivity index (χ1v) is 10.2. The molecule has 5 nitrogen and oxygen atoms in total. The highest BCUT2D eigenvalue weighted by Gasteiger charge is 2.14. The summed E-state index contributed by atoms with van der Waals surface area (Å²) < 4.78 is 0. The fourth-order valence-corrected chi connectivity index (χ4v) is 3.40. The lowest BCUT2D eigenvalue weighted by atomic mass is 10.1. The van der Waals surface area contributed by atoms with E-state index < -0.39 is 17.2 Å². The van der Waals surface area contributed by atoms with Gasteiger partial charge in [0.05, 0.1) is 5.69 Å². The molecule has 27 heavy (non-hydrogen) atoms. The van der Waals surface area contributed by atoms with Crippen LogP contribution in [0.25, 0.3) is 11.3 Å². The molecule has 1 heterocycles. The van der Waals surface area contributed by atoms with E-state index in [0.29, 0.717) is 11.3 Å². The summed E-state index contributed by atoms with van der Waals surface area (Å²) in [6.45, 7) is 2.24. The number of unbranched alkanes of at least 4 members (excludes halogenated alkanes) is 9. The molecule has 0 atom stereocenters. The van der Waals surface area contributed by atoms with Crippen molar-refractivity contribution < 1.29 is 20.4 Å². The van der Waals surface area contributed by atoms with Crippen molar-refractivity contribution in [3.05, 3.63) is 23.9 Å². The lowest BCUT2D eigenvalue weighted by Gasteiger charge is -2.05. The number of phenols is 3. The van der Waals surface area contributed by atoms with Crippen LogP contribution in [0, 0.1) is 0 Å². The largest absolute Gasteiger partial charge is 0.506 e. The Balaban J connectivity index is 1.74. The molecule has 1 aromatic heterocycles. The Morgan fingerprint density at radius 1 is 0.667 bits per heavy atom. The van der Waals surface area contributed by atoms with E-state index in [2.05, 4.69) is 11.9 Å². The summed E-state index contributed by atoms with van der Waals surface area (Å²) in [5.41, 5.74) is 1.78. The second kappa shape index (κ2) is 10.8. The summed E-state index contributed by atoms with van der Waals surface area (Å²) in [6, 6.07) is 4.31. The summed E-state index contributed by atoms with van der Waals surface area (Å²) in [7, 11) is 0. The maximum atomic E-state index is 10.1. The van der Waals surface area contributed by atoms with Gasteiger partial charge in [-0.05, 0) is 25.0 Å². The number of aromatic hydroxyl groups is 4. The molecule has 0 aliphatic heterocycles. The Morgan fingerprint density at radius 2 is 1.19 bits per heavy atom. The topological polar surface area (TPSA) is 96.7 Å². The van der Waals surface area contributed by atoms with E-state index in [4.69, 9.17) is 0 Å². The van der Waals surface area contributed by atoms with Gasteiger partial charge in [0, 0.05) is 17.3 Å². The smallest absolute Gasteiger partial charge is 0.200 e. The van der Waals surface area contributed by atoms with Crippen LogP contribution in [0.4, 0.5) is 0 Å². The molecule has 2 aromatic rings. The van der Waals surface area contributed by atoms with E-state index in [1.165, 1.54) is 69.9 Å². The summed E-state index contributed by atoms with van der Waals surface area (Å²) in [5.74, 6) is -1.33. The lowest BCUT2D eigenvalue weighted by molar-refractivity contribution is 0.368. The van der Waals surface area contributed by atoms with Crippen LogP contribution in [0.3, 0.4) is 0 Å². The molecule has 0 saturated heterocycles. The third kappa shape index (κ3) is 6.42. The Kier molecular flexibility index (Phi) is 8.37. The number of rotatable bonds is 12. The fraction of sp³-hybridized carbons (Fsp3) is 0.545. The van der Waals surface area contributed by atoms with Crippen molar-refractivity contribution in [2.45, 2.75) is 77.6 Å². The van der Waals surface area contributed by atoms with Gasteiger partial charge in [0.1, 0.15) is 5.75 Å². The Bertz CT molecular complexity index is 685. The molecule has 5 heteroatoms. The molecule has 0 bridgehead atoms. The molecule has 0 aliphatic carbocycles. The quantitative estimate of drug-likeness (QED) is 0.233. The van der Waals surface area contributed by atoms with Crippen molar-refractivity contribution >= 4 is 0 Å². The zero-order chi connectivity index (χ0) is 19.6.